The number of carbonyl (C=O) groups excluding carboxylic acids is 1. The molecule has 7 heteroatoms. The second-order valence-electron chi connectivity index (χ2n) is 7.29. The summed E-state index contributed by atoms with van der Waals surface area (Å²) in [4.78, 5) is 12.6. The van der Waals surface area contributed by atoms with E-state index in [4.69, 9.17) is 4.74 Å². The van der Waals surface area contributed by atoms with Gasteiger partial charge in [0, 0.05) is 22.9 Å². The van der Waals surface area contributed by atoms with E-state index >= 15 is 0 Å². The van der Waals surface area contributed by atoms with Crippen LogP contribution < -0.4 is 10.1 Å². The number of nitrogens with zero attached hydrogens (tertiary/aromatic N) is 2. The monoisotopic (exact) mass is 493 g/mol. The van der Waals surface area contributed by atoms with Crippen molar-refractivity contribution in [2.24, 2.45) is 0 Å². The predicted molar refractivity (Wildman–Crippen MR) is 125 cm³/mol. The molecule has 4 rings (SSSR count). The molecule has 0 spiro atoms. The van der Waals surface area contributed by atoms with Crippen molar-refractivity contribution in [3.05, 3.63) is 112 Å². The SMILES string of the molecule is Cc1cc(NC(=O)c2ccc(COc3ccccc3Br)cc2)nn1Cc1ccccc1F. The summed E-state index contributed by atoms with van der Waals surface area (Å²) in [6.07, 6.45) is 0. The first-order valence-corrected chi connectivity index (χ1v) is 10.8. The molecule has 162 valence electrons. The molecular formula is C25H21BrFN3O2. The zero-order valence-corrected chi connectivity index (χ0v) is 19.0. The molecule has 0 aliphatic heterocycles. The summed E-state index contributed by atoms with van der Waals surface area (Å²) in [5.74, 6) is 0.635. The number of carbonyl (C=O) groups is 1. The van der Waals surface area contributed by atoms with Crippen molar-refractivity contribution in [3.63, 3.8) is 0 Å². The van der Waals surface area contributed by atoms with E-state index in [2.05, 4.69) is 26.3 Å². The third kappa shape index (κ3) is 5.23. The zero-order valence-electron chi connectivity index (χ0n) is 17.4. The standard InChI is InChI=1S/C25H21BrFN3O2/c1-17-14-24(29-30(17)15-20-6-2-4-8-22(20)27)28-25(31)19-12-10-18(11-13-19)16-32-23-9-5-3-7-21(23)26/h2-14H,15-16H2,1H3,(H,28,29,31). The molecule has 0 radical (unpaired) electrons. The molecule has 0 aliphatic carbocycles. The van der Waals surface area contributed by atoms with E-state index in [-0.39, 0.29) is 11.7 Å². The maximum absolute atomic E-state index is 13.9. The first-order valence-electron chi connectivity index (χ1n) is 10.0. The lowest BCUT2D eigenvalue weighted by Crippen LogP contribution is -2.13. The number of nitrogens with one attached hydrogen (secondary N) is 1. The van der Waals surface area contributed by atoms with Crippen molar-refractivity contribution < 1.29 is 13.9 Å². The molecular weight excluding hydrogens is 473 g/mol. The normalized spacial score (nSPS) is 10.7. The van der Waals surface area contributed by atoms with Gasteiger partial charge in [0.1, 0.15) is 18.2 Å². The molecule has 0 aliphatic rings. The van der Waals surface area contributed by atoms with Gasteiger partial charge in [0.25, 0.3) is 5.91 Å². The summed E-state index contributed by atoms with van der Waals surface area (Å²) in [6, 6.07) is 23.2. The molecule has 0 fully saturated rings. The van der Waals surface area contributed by atoms with Crippen LogP contribution >= 0.6 is 15.9 Å². The highest BCUT2D eigenvalue weighted by atomic mass is 79.9. The first kappa shape index (κ1) is 21.8. The topological polar surface area (TPSA) is 56.1 Å². The molecule has 3 aromatic carbocycles. The molecule has 32 heavy (non-hydrogen) atoms. The second kappa shape index (κ2) is 9.78. The molecule has 1 amide bonds. The number of amides is 1. The van der Waals surface area contributed by atoms with Gasteiger partial charge in [0.2, 0.25) is 0 Å². The Labute approximate surface area is 194 Å². The van der Waals surface area contributed by atoms with Crippen LogP contribution in [0, 0.1) is 12.7 Å². The number of halogens is 2. The van der Waals surface area contributed by atoms with Crippen molar-refractivity contribution >= 4 is 27.7 Å². The van der Waals surface area contributed by atoms with Crippen molar-refractivity contribution in [2.45, 2.75) is 20.1 Å². The fraction of sp³-hybridized carbons (Fsp3) is 0.120. The fourth-order valence-corrected chi connectivity index (χ4v) is 3.58. The van der Waals surface area contributed by atoms with E-state index in [1.807, 2.05) is 43.3 Å². The van der Waals surface area contributed by atoms with Gasteiger partial charge in [-0.3, -0.25) is 9.48 Å². The van der Waals surface area contributed by atoms with Gasteiger partial charge in [-0.25, -0.2) is 4.39 Å². The summed E-state index contributed by atoms with van der Waals surface area (Å²) in [7, 11) is 0. The Morgan fingerprint density at radius 1 is 1.06 bits per heavy atom. The van der Waals surface area contributed by atoms with Gasteiger partial charge in [-0.15, -0.1) is 0 Å². The number of benzene rings is 3. The van der Waals surface area contributed by atoms with E-state index < -0.39 is 0 Å². The minimum atomic E-state index is -0.281. The van der Waals surface area contributed by atoms with Crippen LogP contribution in [0.4, 0.5) is 10.2 Å². The number of ether oxygens (including phenoxy) is 1. The van der Waals surface area contributed by atoms with E-state index in [1.54, 1.807) is 41.1 Å². The van der Waals surface area contributed by atoms with Crippen LogP contribution in [0.3, 0.4) is 0 Å². The molecule has 1 N–H and O–H groups in total. The Hall–Kier alpha value is -3.45. The van der Waals surface area contributed by atoms with Gasteiger partial charge >= 0.3 is 0 Å². The Morgan fingerprint density at radius 2 is 1.78 bits per heavy atom. The highest BCUT2D eigenvalue weighted by molar-refractivity contribution is 9.10. The maximum atomic E-state index is 13.9. The third-order valence-corrected chi connectivity index (χ3v) is 5.60. The van der Waals surface area contributed by atoms with Crippen molar-refractivity contribution in [1.82, 2.24) is 9.78 Å². The summed E-state index contributed by atoms with van der Waals surface area (Å²) in [5, 5.41) is 7.20. The van der Waals surface area contributed by atoms with Crippen LogP contribution in [-0.4, -0.2) is 15.7 Å². The largest absolute Gasteiger partial charge is 0.488 e. The van der Waals surface area contributed by atoms with Gasteiger partial charge in [0.15, 0.2) is 5.82 Å². The minimum Gasteiger partial charge on any atom is -0.488 e. The van der Waals surface area contributed by atoms with Crippen LogP contribution in [0.15, 0.2) is 83.3 Å². The molecule has 1 aromatic heterocycles. The fourth-order valence-electron chi connectivity index (χ4n) is 3.18. The average molecular weight is 494 g/mol. The molecule has 0 bridgehead atoms. The van der Waals surface area contributed by atoms with Crippen LogP contribution in [-0.2, 0) is 13.2 Å². The number of hydrogen-bond donors (Lipinski definition) is 1. The molecule has 1 heterocycles. The summed E-state index contributed by atoms with van der Waals surface area (Å²) >= 11 is 3.46. The molecule has 0 saturated carbocycles. The van der Waals surface area contributed by atoms with Crippen LogP contribution in [0.25, 0.3) is 0 Å². The van der Waals surface area contributed by atoms with Crippen LogP contribution in [0.1, 0.15) is 27.2 Å². The number of para-hydroxylation sites is 1. The molecule has 4 aromatic rings. The summed E-state index contributed by atoms with van der Waals surface area (Å²) in [5.41, 5.74) is 2.82. The quantitative estimate of drug-likeness (QED) is 0.344. The number of rotatable bonds is 7. The van der Waals surface area contributed by atoms with Gasteiger partial charge in [0.05, 0.1) is 11.0 Å². The number of aromatic nitrogens is 2. The lowest BCUT2D eigenvalue weighted by Gasteiger charge is -2.09. The highest BCUT2D eigenvalue weighted by Gasteiger charge is 2.12. The highest BCUT2D eigenvalue weighted by Crippen LogP contribution is 2.24. The van der Waals surface area contributed by atoms with Crippen LogP contribution in [0.2, 0.25) is 0 Å². The number of hydrogen-bond acceptors (Lipinski definition) is 3. The maximum Gasteiger partial charge on any atom is 0.256 e. The Bertz CT molecular complexity index is 1240. The average Bonchev–Trinajstić information content (AvgIpc) is 3.13. The Kier molecular flexibility index (Phi) is 6.66. The van der Waals surface area contributed by atoms with Crippen molar-refractivity contribution in [1.29, 1.82) is 0 Å². The second-order valence-corrected chi connectivity index (χ2v) is 8.14. The van der Waals surface area contributed by atoms with Gasteiger partial charge in [-0.05, 0) is 58.7 Å². The summed E-state index contributed by atoms with van der Waals surface area (Å²) in [6.45, 7) is 2.55. The smallest absolute Gasteiger partial charge is 0.256 e. The summed E-state index contributed by atoms with van der Waals surface area (Å²) < 4.78 is 22.3. The van der Waals surface area contributed by atoms with Gasteiger partial charge in [-0.2, -0.15) is 5.10 Å². The van der Waals surface area contributed by atoms with E-state index in [9.17, 15) is 9.18 Å². The predicted octanol–water partition coefficient (Wildman–Crippen LogP) is 5.97. The molecule has 5 nitrogen and oxygen atoms in total. The minimum absolute atomic E-state index is 0.265. The van der Waals surface area contributed by atoms with Crippen molar-refractivity contribution in [3.8, 4) is 5.75 Å². The van der Waals surface area contributed by atoms with E-state index in [1.165, 1.54) is 6.07 Å². The lowest BCUT2D eigenvalue weighted by molar-refractivity contribution is 0.102. The van der Waals surface area contributed by atoms with Crippen molar-refractivity contribution in [2.75, 3.05) is 5.32 Å². The van der Waals surface area contributed by atoms with E-state index in [0.29, 0.717) is 30.1 Å². The van der Waals surface area contributed by atoms with Gasteiger partial charge in [-0.1, -0.05) is 42.5 Å². The first-order chi connectivity index (χ1) is 15.5. The third-order valence-electron chi connectivity index (χ3n) is 4.95. The molecule has 0 unspecified atom stereocenters. The molecule has 0 atom stereocenters. The zero-order chi connectivity index (χ0) is 22.5. The molecule has 0 saturated heterocycles. The lowest BCUT2D eigenvalue weighted by atomic mass is 10.1. The van der Waals surface area contributed by atoms with E-state index in [0.717, 1.165) is 21.5 Å². The van der Waals surface area contributed by atoms with Gasteiger partial charge < -0.3 is 10.1 Å². The number of anilines is 1. The Morgan fingerprint density at radius 3 is 2.53 bits per heavy atom. The number of aryl methyl sites for hydroxylation is 1. The van der Waals surface area contributed by atoms with Crippen LogP contribution in [0.5, 0.6) is 5.75 Å². The Balaban J connectivity index is 1.38.